The number of rotatable bonds is 4. The summed E-state index contributed by atoms with van der Waals surface area (Å²) in [6.07, 6.45) is 8.48. The number of carbonyl (C=O) groups excluding carboxylic acids is 1. The highest BCUT2D eigenvalue weighted by molar-refractivity contribution is 8.15. The van der Waals surface area contributed by atoms with Crippen LogP contribution in [0.3, 0.4) is 0 Å². The molecule has 2 N–H and O–H groups in total. The number of phenolic OH excluding ortho intramolecular Hbond substituents is 1. The molecule has 4 unspecified atom stereocenters. The molecule has 32 heavy (non-hydrogen) atoms. The summed E-state index contributed by atoms with van der Waals surface area (Å²) in [6, 6.07) is 11.9. The van der Waals surface area contributed by atoms with E-state index < -0.39 is 0 Å². The summed E-state index contributed by atoms with van der Waals surface area (Å²) < 4.78 is 0. The highest BCUT2D eigenvalue weighted by Gasteiger charge is 2.62. The Kier molecular flexibility index (Phi) is 5.05. The van der Waals surface area contributed by atoms with Gasteiger partial charge >= 0.3 is 0 Å². The van der Waals surface area contributed by atoms with Gasteiger partial charge < -0.3 is 10.4 Å². The lowest BCUT2D eigenvalue weighted by atomic mass is 10.0. The van der Waals surface area contributed by atoms with Crippen LogP contribution in [-0.4, -0.2) is 27.3 Å². The van der Waals surface area contributed by atoms with Crippen molar-refractivity contribution in [2.24, 2.45) is 16.3 Å². The van der Waals surface area contributed by atoms with Crippen molar-refractivity contribution in [1.29, 1.82) is 0 Å². The summed E-state index contributed by atoms with van der Waals surface area (Å²) in [7, 11) is 0. The lowest BCUT2D eigenvalue weighted by molar-refractivity contribution is -0.118. The molecular weight excluding hydrogens is 416 g/mol. The van der Waals surface area contributed by atoms with Crippen LogP contribution in [0.25, 0.3) is 0 Å². The molecule has 4 nitrogen and oxygen atoms in total. The number of aryl methyl sites for hydroxylation is 2. The van der Waals surface area contributed by atoms with Gasteiger partial charge in [0.2, 0.25) is 5.91 Å². The zero-order valence-corrected chi connectivity index (χ0v) is 19.6. The predicted octanol–water partition coefficient (Wildman–Crippen LogP) is 5.74. The SMILES string of the molecule is Cc1cc(O)cc(C2C(C(=O)Nc3ccc(C)c(C4=NC5C=CC=CC5S4)c3)C2(C)C)c1. The van der Waals surface area contributed by atoms with Crippen LogP contribution in [0.1, 0.15) is 42.0 Å². The number of hydrogen-bond acceptors (Lipinski definition) is 4. The molecule has 5 rings (SSSR count). The van der Waals surface area contributed by atoms with Gasteiger partial charge in [-0.1, -0.05) is 62.0 Å². The molecule has 0 radical (unpaired) electrons. The number of carbonyl (C=O) groups is 1. The van der Waals surface area contributed by atoms with Crippen LogP contribution in [0, 0.1) is 25.2 Å². The maximum absolute atomic E-state index is 13.2. The van der Waals surface area contributed by atoms with Crippen molar-refractivity contribution in [2.75, 3.05) is 5.32 Å². The van der Waals surface area contributed by atoms with Gasteiger partial charge in [-0.3, -0.25) is 9.79 Å². The molecule has 1 heterocycles. The zero-order valence-electron chi connectivity index (χ0n) is 18.8. The van der Waals surface area contributed by atoms with E-state index >= 15 is 0 Å². The van der Waals surface area contributed by atoms with Gasteiger partial charge in [0.15, 0.2) is 0 Å². The summed E-state index contributed by atoms with van der Waals surface area (Å²) in [4.78, 5) is 18.1. The topological polar surface area (TPSA) is 61.7 Å². The minimum atomic E-state index is -0.155. The van der Waals surface area contributed by atoms with Crippen molar-refractivity contribution in [3.63, 3.8) is 0 Å². The Morgan fingerprint density at radius 3 is 2.62 bits per heavy atom. The molecule has 5 heteroatoms. The van der Waals surface area contributed by atoms with Gasteiger partial charge in [0.25, 0.3) is 0 Å². The van der Waals surface area contributed by atoms with Crippen molar-refractivity contribution in [2.45, 2.75) is 44.9 Å². The second-order valence-corrected chi connectivity index (χ2v) is 10.8. The minimum Gasteiger partial charge on any atom is -0.508 e. The summed E-state index contributed by atoms with van der Waals surface area (Å²) in [6.45, 7) is 8.29. The fraction of sp³-hybridized carbons (Fsp3) is 0.333. The molecule has 0 bridgehead atoms. The fourth-order valence-electron chi connectivity index (χ4n) is 5.10. The number of phenols is 1. The lowest BCUT2D eigenvalue weighted by Gasteiger charge is -2.12. The summed E-state index contributed by atoms with van der Waals surface area (Å²) >= 11 is 1.78. The summed E-state index contributed by atoms with van der Waals surface area (Å²) in [5.41, 5.74) is 4.91. The smallest absolute Gasteiger partial charge is 0.228 e. The van der Waals surface area contributed by atoms with E-state index in [0.717, 1.165) is 33.0 Å². The van der Waals surface area contributed by atoms with E-state index in [-0.39, 0.29) is 34.9 Å². The Morgan fingerprint density at radius 2 is 1.88 bits per heavy atom. The molecule has 0 saturated heterocycles. The largest absolute Gasteiger partial charge is 0.508 e. The molecular formula is C27H28N2O2S. The van der Waals surface area contributed by atoms with Crippen molar-refractivity contribution in [3.8, 4) is 5.75 Å². The minimum absolute atomic E-state index is 0.0244. The van der Waals surface area contributed by atoms with E-state index in [1.165, 1.54) is 0 Å². The molecule has 2 aliphatic carbocycles. The average Bonchev–Trinajstić information content (AvgIpc) is 3.09. The van der Waals surface area contributed by atoms with Gasteiger partial charge in [-0.25, -0.2) is 0 Å². The standard InChI is InChI=1S/C27H28N2O2S/c1-15-11-17(13-19(30)12-15)23-24(27(23,3)4)25(31)28-18-10-9-16(2)20(14-18)26-29-21-7-5-6-8-22(21)32-26/h5-14,21-24,30H,1-4H3,(H,28,31). The van der Waals surface area contributed by atoms with Gasteiger partial charge in [-0.05, 0) is 60.2 Å². The predicted molar refractivity (Wildman–Crippen MR) is 133 cm³/mol. The molecule has 2 aromatic carbocycles. The first kappa shape index (κ1) is 21.1. The highest BCUT2D eigenvalue weighted by Crippen LogP contribution is 2.65. The monoisotopic (exact) mass is 444 g/mol. The Balaban J connectivity index is 1.36. The number of thioether (sulfide) groups is 1. The van der Waals surface area contributed by atoms with Crippen LogP contribution in [-0.2, 0) is 4.79 Å². The van der Waals surface area contributed by atoms with Crippen LogP contribution in [0.15, 0.2) is 65.7 Å². The number of allylic oxidation sites excluding steroid dienone is 2. The van der Waals surface area contributed by atoms with Gasteiger partial charge in [0, 0.05) is 17.2 Å². The second-order valence-electron chi connectivity index (χ2n) is 9.67. The normalized spacial score (nSPS) is 27.1. The molecule has 3 aliphatic rings. The van der Waals surface area contributed by atoms with E-state index in [1.54, 1.807) is 23.9 Å². The first-order valence-electron chi connectivity index (χ1n) is 11.1. The van der Waals surface area contributed by atoms with Crippen molar-refractivity contribution >= 4 is 28.4 Å². The molecule has 4 atom stereocenters. The fourth-order valence-corrected chi connectivity index (χ4v) is 6.35. The zero-order chi connectivity index (χ0) is 22.6. The number of aromatic hydroxyl groups is 1. The third kappa shape index (κ3) is 3.69. The third-order valence-electron chi connectivity index (χ3n) is 6.86. The number of benzene rings is 2. The Hall–Kier alpha value is -2.79. The van der Waals surface area contributed by atoms with E-state index in [0.29, 0.717) is 5.25 Å². The van der Waals surface area contributed by atoms with Crippen LogP contribution < -0.4 is 5.32 Å². The van der Waals surface area contributed by atoms with Crippen LogP contribution in [0.5, 0.6) is 5.75 Å². The Labute approximate surface area is 193 Å². The molecule has 1 amide bonds. The van der Waals surface area contributed by atoms with Crippen LogP contribution in [0.2, 0.25) is 0 Å². The van der Waals surface area contributed by atoms with Gasteiger partial charge in [-0.15, -0.1) is 0 Å². The van der Waals surface area contributed by atoms with Gasteiger partial charge in [-0.2, -0.15) is 0 Å². The number of anilines is 1. The van der Waals surface area contributed by atoms with Gasteiger partial charge in [0.1, 0.15) is 5.75 Å². The van der Waals surface area contributed by atoms with Crippen LogP contribution in [0.4, 0.5) is 5.69 Å². The van der Waals surface area contributed by atoms with Gasteiger partial charge in [0.05, 0.1) is 22.3 Å². The second kappa shape index (κ2) is 7.66. The van der Waals surface area contributed by atoms with E-state index in [2.05, 4.69) is 62.5 Å². The third-order valence-corrected chi connectivity index (χ3v) is 8.12. The maximum atomic E-state index is 13.2. The lowest BCUT2D eigenvalue weighted by Crippen LogP contribution is -2.17. The molecule has 1 fully saturated rings. The maximum Gasteiger partial charge on any atom is 0.228 e. The number of aliphatic imine (C=N–C) groups is 1. The average molecular weight is 445 g/mol. The van der Waals surface area contributed by atoms with E-state index in [9.17, 15) is 9.90 Å². The molecule has 1 aliphatic heterocycles. The van der Waals surface area contributed by atoms with Crippen molar-refractivity contribution in [1.82, 2.24) is 0 Å². The number of hydrogen-bond donors (Lipinski definition) is 2. The first-order chi connectivity index (χ1) is 15.2. The summed E-state index contributed by atoms with van der Waals surface area (Å²) in [5, 5.41) is 14.5. The van der Waals surface area contributed by atoms with E-state index in [4.69, 9.17) is 4.99 Å². The quantitative estimate of drug-likeness (QED) is 0.632. The summed E-state index contributed by atoms with van der Waals surface area (Å²) in [5.74, 6) is 0.237. The molecule has 0 aromatic heterocycles. The Bertz CT molecular complexity index is 1170. The van der Waals surface area contributed by atoms with E-state index in [1.807, 2.05) is 19.1 Å². The molecule has 164 valence electrons. The van der Waals surface area contributed by atoms with Crippen molar-refractivity contribution in [3.05, 3.63) is 83.0 Å². The molecule has 0 spiro atoms. The molecule has 2 aromatic rings. The number of amides is 1. The first-order valence-corrected chi connectivity index (χ1v) is 11.9. The Morgan fingerprint density at radius 1 is 1.09 bits per heavy atom. The molecule has 1 saturated carbocycles. The highest BCUT2D eigenvalue weighted by atomic mass is 32.2. The number of nitrogens with zero attached hydrogens (tertiary/aromatic N) is 1. The van der Waals surface area contributed by atoms with Crippen molar-refractivity contribution < 1.29 is 9.90 Å². The number of nitrogens with one attached hydrogen (secondary N) is 1. The van der Waals surface area contributed by atoms with Crippen LogP contribution >= 0.6 is 11.8 Å². The number of fused-ring (bicyclic) bond motifs is 1.